The molecule has 5 nitrogen and oxygen atoms in total. The average Bonchev–Trinajstić information content (AvgIpc) is 3.95. The van der Waals surface area contributed by atoms with Gasteiger partial charge in [0.25, 0.3) is 0 Å². The molecule has 8 aromatic carbocycles. The summed E-state index contributed by atoms with van der Waals surface area (Å²) in [6, 6.07) is 63.9. The van der Waals surface area contributed by atoms with Crippen molar-refractivity contribution in [3.8, 4) is 51.0 Å². The molecule has 12 aromatic rings. The minimum atomic E-state index is 0.599. The number of furan rings is 1. The van der Waals surface area contributed by atoms with E-state index in [1.165, 1.54) is 47.5 Å². The summed E-state index contributed by atoms with van der Waals surface area (Å²) in [6.45, 7) is 0. The Morgan fingerprint density at radius 3 is 1.72 bits per heavy atom. The lowest BCUT2D eigenvalue weighted by Crippen LogP contribution is -2.00. The Kier molecular flexibility index (Phi) is 7.03. The number of rotatable bonds is 5. The van der Waals surface area contributed by atoms with Gasteiger partial charge in [0.15, 0.2) is 17.5 Å². The van der Waals surface area contributed by atoms with Gasteiger partial charge in [-0.15, -0.1) is 11.3 Å². The van der Waals surface area contributed by atoms with Crippen LogP contribution in [-0.2, 0) is 0 Å². The van der Waals surface area contributed by atoms with Crippen LogP contribution in [0, 0.1) is 0 Å². The fraction of sp³-hybridized carbons (Fsp3) is 0. The second-order valence-corrected chi connectivity index (χ2v) is 15.5. The number of thiophene rings is 1. The molecule has 0 saturated heterocycles. The Morgan fingerprint density at radius 1 is 0.386 bits per heavy atom. The van der Waals surface area contributed by atoms with Crippen molar-refractivity contribution in [1.29, 1.82) is 0 Å². The van der Waals surface area contributed by atoms with Gasteiger partial charge in [-0.05, 0) is 71.8 Å². The predicted octanol–water partition coefficient (Wildman–Crippen LogP) is 13.9. The van der Waals surface area contributed by atoms with Crippen LogP contribution in [0.15, 0.2) is 186 Å². The van der Waals surface area contributed by atoms with Gasteiger partial charge < -0.3 is 8.98 Å². The maximum absolute atomic E-state index is 6.53. The molecule has 57 heavy (non-hydrogen) atoms. The van der Waals surface area contributed by atoms with Gasteiger partial charge in [-0.2, -0.15) is 0 Å². The smallest absolute Gasteiger partial charge is 0.164 e. The maximum atomic E-state index is 6.53. The molecule has 0 aliphatic heterocycles. The molecule has 0 N–H and O–H groups in total. The van der Waals surface area contributed by atoms with E-state index in [2.05, 4.69) is 126 Å². The third-order valence-electron chi connectivity index (χ3n) is 11.1. The summed E-state index contributed by atoms with van der Waals surface area (Å²) in [7, 11) is 0. The minimum Gasteiger partial charge on any atom is -0.456 e. The molecule has 4 heterocycles. The normalized spacial score (nSPS) is 11.9. The van der Waals surface area contributed by atoms with Crippen molar-refractivity contribution in [1.82, 2.24) is 19.5 Å². The highest BCUT2D eigenvalue weighted by Gasteiger charge is 2.18. The van der Waals surface area contributed by atoms with Gasteiger partial charge in [0.1, 0.15) is 11.2 Å². The molecule has 0 unspecified atom stereocenters. The van der Waals surface area contributed by atoms with Crippen molar-refractivity contribution in [2.24, 2.45) is 0 Å². The topological polar surface area (TPSA) is 56.7 Å². The maximum Gasteiger partial charge on any atom is 0.164 e. The molecule has 0 fully saturated rings. The first-order valence-corrected chi connectivity index (χ1v) is 19.8. The van der Waals surface area contributed by atoms with Crippen molar-refractivity contribution >= 4 is 75.3 Å². The average molecular weight is 747 g/mol. The number of nitrogens with zero attached hydrogens (tertiary/aromatic N) is 4. The zero-order valence-electron chi connectivity index (χ0n) is 30.4. The summed E-state index contributed by atoms with van der Waals surface area (Å²) < 4.78 is 11.5. The lowest BCUT2D eigenvalue weighted by atomic mass is 9.97. The van der Waals surface area contributed by atoms with Gasteiger partial charge >= 0.3 is 0 Å². The first kappa shape index (κ1) is 31.9. The van der Waals surface area contributed by atoms with Gasteiger partial charge in [-0.3, -0.25) is 0 Å². The van der Waals surface area contributed by atoms with Crippen molar-refractivity contribution in [3.05, 3.63) is 182 Å². The van der Waals surface area contributed by atoms with E-state index in [1.807, 2.05) is 72.0 Å². The molecular formula is C51H30N4OS. The number of fused-ring (bicyclic) bond motifs is 9. The van der Waals surface area contributed by atoms with E-state index >= 15 is 0 Å². The molecule has 4 aromatic heterocycles. The van der Waals surface area contributed by atoms with E-state index in [4.69, 9.17) is 19.4 Å². The highest BCUT2D eigenvalue weighted by Crippen LogP contribution is 2.43. The summed E-state index contributed by atoms with van der Waals surface area (Å²) in [4.78, 5) is 14.8. The number of benzene rings is 8. The Balaban J connectivity index is 0.987. The quantitative estimate of drug-likeness (QED) is 0.176. The predicted molar refractivity (Wildman–Crippen MR) is 236 cm³/mol. The summed E-state index contributed by atoms with van der Waals surface area (Å²) in [5, 5.41) is 7.18. The Bertz CT molecular complexity index is 3420. The third-order valence-corrected chi connectivity index (χ3v) is 12.2. The van der Waals surface area contributed by atoms with Crippen molar-refractivity contribution in [2.75, 3.05) is 0 Å². The second kappa shape index (κ2) is 12.6. The summed E-state index contributed by atoms with van der Waals surface area (Å²) in [6.07, 6.45) is 0. The molecule has 12 rings (SSSR count). The molecule has 266 valence electrons. The standard InChI is InChI=1S/C51H30N4OS/c1-3-12-31(13-4-1)49-52-50(32-14-5-2-6-15-32)54-51(53-49)34-22-25-39-40-28-33(23-26-44(40)56-45(39)29-34)36-18-11-21-47-48(36)41-30-35(24-27-46(41)57-47)55-42-19-9-7-16-37(42)38-17-8-10-20-43(38)55/h1-30H. The molecule has 0 saturated carbocycles. The monoisotopic (exact) mass is 746 g/mol. The molecular weight excluding hydrogens is 717 g/mol. The molecule has 0 atom stereocenters. The molecule has 0 spiro atoms. The van der Waals surface area contributed by atoms with Crippen LogP contribution in [0.2, 0.25) is 0 Å². The molecule has 0 amide bonds. The summed E-state index contributed by atoms with van der Waals surface area (Å²) in [5.74, 6) is 1.86. The molecule has 0 aliphatic rings. The highest BCUT2D eigenvalue weighted by atomic mass is 32.1. The van der Waals surface area contributed by atoms with Gasteiger partial charge in [0, 0.05) is 64.1 Å². The minimum absolute atomic E-state index is 0.599. The van der Waals surface area contributed by atoms with E-state index in [0.29, 0.717) is 17.5 Å². The van der Waals surface area contributed by atoms with Gasteiger partial charge in [0.2, 0.25) is 0 Å². The zero-order chi connectivity index (χ0) is 37.5. The van der Waals surface area contributed by atoms with Crippen LogP contribution >= 0.6 is 11.3 Å². The summed E-state index contributed by atoms with van der Waals surface area (Å²) >= 11 is 1.85. The van der Waals surface area contributed by atoms with Crippen molar-refractivity contribution < 1.29 is 4.42 Å². The Hall–Kier alpha value is -7.41. The van der Waals surface area contributed by atoms with E-state index in [1.54, 1.807) is 0 Å². The van der Waals surface area contributed by atoms with Crippen LogP contribution in [0.25, 0.3) is 115 Å². The largest absolute Gasteiger partial charge is 0.456 e. The molecule has 0 radical (unpaired) electrons. The Morgan fingerprint density at radius 2 is 1.02 bits per heavy atom. The van der Waals surface area contributed by atoms with Crippen molar-refractivity contribution in [2.45, 2.75) is 0 Å². The summed E-state index contributed by atoms with van der Waals surface area (Å²) in [5.41, 5.74) is 10.3. The number of para-hydroxylation sites is 2. The lowest BCUT2D eigenvalue weighted by Gasteiger charge is -2.09. The highest BCUT2D eigenvalue weighted by molar-refractivity contribution is 7.26. The van der Waals surface area contributed by atoms with Crippen LogP contribution in [0.4, 0.5) is 0 Å². The van der Waals surface area contributed by atoms with E-state index < -0.39 is 0 Å². The van der Waals surface area contributed by atoms with Gasteiger partial charge in [-0.1, -0.05) is 121 Å². The Labute approximate surface area is 330 Å². The number of hydrogen-bond acceptors (Lipinski definition) is 5. The fourth-order valence-corrected chi connectivity index (χ4v) is 9.53. The van der Waals surface area contributed by atoms with Crippen LogP contribution in [0.1, 0.15) is 0 Å². The van der Waals surface area contributed by atoms with E-state index in [9.17, 15) is 0 Å². The fourth-order valence-electron chi connectivity index (χ4n) is 8.42. The molecule has 6 heteroatoms. The second-order valence-electron chi connectivity index (χ2n) is 14.4. The first-order valence-electron chi connectivity index (χ1n) is 19.0. The van der Waals surface area contributed by atoms with E-state index in [0.717, 1.165) is 49.9 Å². The number of hydrogen-bond donors (Lipinski definition) is 0. The third kappa shape index (κ3) is 5.12. The van der Waals surface area contributed by atoms with Crippen LogP contribution in [-0.4, -0.2) is 19.5 Å². The zero-order valence-corrected chi connectivity index (χ0v) is 31.2. The van der Waals surface area contributed by atoms with Gasteiger partial charge in [0.05, 0.1) is 11.0 Å². The van der Waals surface area contributed by atoms with Crippen LogP contribution in [0.3, 0.4) is 0 Å². The molecule has 0 bridgehead atoms. The molecule has 0 aliphatic carbocycles. The van der Waals surface area contributed by atoms with E-state index in [-0.39, 0.29) is 0 Å². The van der Waals surface area contributed by atoms with Crippen LogP contribution < -0.4 is 0 Å². The van der Waals surface area contributed by atoms with Crippen LogP contribution in [0.5, 0.6) is 0 Å². The van der Waals surface area contributed by atoms with Gasteiger partial charge in [-0.25, -0.2) is 15.0 Å². The first-order chi connectivity index (χ1) is 28.2. The number of aromatic nitrogens is 4. The SMILES string of the molecule is c1ccc(-c2nc(-c3ccccc3)nc(-c3ccc4c(c3)oc3ccc(-c5cccc6sc7ccc(-n8c9ccccc9c9ccccc98)cc7c56)cc34)n2)cc1. The lowest BCUT2D eigenvalue weighted by molar-refractivity contribution is 0.669. The van der Waals surface area contributed by atoms with Crippen molar-refractivity contribution in [3.63, 3.8) is 0 Å².